The highest BCUT2D eigenvalue weighted by Gasteiger charge is 2.37. The highest BCUT2D eigenvalue weighted by Crippen LogP contribution is 2.49. The van der Waals surface area contributed by atoms with Gasteiger partial charge in [-0.25, -0.2) is 13.9 Å². The molecule has 3 aromatic rings. The molecule has 1 saturated heterocycles. The molecule has 3 aliphatic rings. The number of nitrogens with one attached hydrogen (secondary N) is 1. The number of benzene rings is 2. The molecule has 1 aliphatic heterocycles. The van der Waals surface area contributed by atoms with Gasteiger partial charge in [-0.1, -0.05) is 48.4 Å². The first-order valence-electron chi connectivity index (χ1n) is 13.8. The molecule has 2 aromatic carbocycles. The fourth-order valence-electron chi connectivity index (χ4n) is 6.76. The Hall–Kier alpha value is -3.45. The molecule has 1 aromatic heterocycles. The summed E-state index contributed by atoms with van der Waals surface area (Å²) in [6.45, 7) is 3.35. The maximum atomic E-state index is 13.5. The molecule has 2 heterocycles. The summed E-state index contributed by atoms with van der Waals surface area (Å²) in [5.41, 5.74) is 7.41. The van der Waals surface area contributed by atoms with Crippen LogP contribution in [0.25, 0.3) is 5.69 Å². The van der Waals surface area contributed by atoms with Crippen molar-refractivity contribution in [2.75, 3.05) is 13.1 Å². The smallest absolute Gasteiger partial charge is 0.317 e. The average Bonchev–Trinajstić information content (AvgIpc) is 3.54. The van der Waals surface area contributed by atoms with E-state index in [0.29, 0.717) is 19.0 Å². The average molecular weight is 515 g/mol. The second kappa shape index (κ2) is 10.4. The minimum atomic E-state index is -0.444. The number of likely N-dealkylation sites (tertiary alicyclic amines) is 1. The number of halogens is 1. The third-order valence-corrected chi connectivity index (χ3v) is 8.63. The molecule has 2 unspecified atom stereocenters. The summed E-state index contributed by atoms with van der Waals surface area (Å²) in [6.07, 6.45) is 6.93. The number of carbonyl (C=O) groups excluding carboxylic acids is 1. The Morgan fingerprint density at radius 3 is 2.71 bits per heavy atom. The van der Waals surface area contributed by atoms with Crippen LogP contribution in [0, 0.1) is 11.7 Å². The first-order chi connectivity index (χ1) is 18.5. The van der Waals surface area contributed by atoms with Crippen LogP contribution in [0.15, 0.2) is 71.9 Å². The lowest BCUT2D eigenvalue weighted by Gasteiger charge is -2.33. The van der Waals surface area contributed by atoms with Crippen molar-refractivity contribution < 1.29 is 14.3 Å². The normalized spacial score (nSPS) is 23.7. The molecule has 2 amide bonds. The van der Waals surface area contributed by atoms with Crippen molar-refractivity contribution in [1.29, 1.82) is 0 Å². The molecule has 38 heavy (non-hydrogen) atoms. The topological polar surface area (TPSA) is 70.4 Å². The van der Waals surface area contributed by atoms with E-state index in [1.165, 1.54) is 34.5 Å². The van der Waals surface area contributed by atoms with E-state index in [0.717, 1.165) is 49.8 Å². The summed E-state index contributed by atoms with van der Waals surface area (Å²) in [7, 11) is 0. The minimum absolute atomic E-state index is 0.0932. The summed E-state index contributed by atoms with van der Waals surface area (Å²) < 4.78 is 15.5. The molecule has 0 saturated carbocycles. The Morgan fingerprint density at radius 1 is 1.16 bits per heavy atom. The molecule has 6 nitrogen and oxygen atoms in total. The number of aliphatic hydroxyl groups excluding tert-OH is 1. The van der Waals surface area contributed by atoms with Gasteiger partial charge in [-0.05, 0) is 67.9 Å². The van der Waals surface area contributed by atoms with Crippen LogP contribution in [0.4, 0.5) is 9.18 Å². The second-order valence-electron chi connectivity index (χ2n) is 11.0. The van der Waals surface area contributed by atoms with Gasteiger partial charge in [-0.2, -0.15) is 5.10 Å². The minimum Gasteiger partial charge on any atom is -0.391 e. The summed E-state index contributed by atoms with van der Waals surface area (Å²) in [4.78, 5) is 15.0. The van der Waals surface area contributed by atoms with Crippen LogP contribution < -0.4 is 5.32 Å². The van der Waals surface area contributed by atoms with Gasteiger partial charge in [0.15, 0.2) is 0 Å². The molecular formula is C31H35FN4O2. The van der Waals surface area contributed by atoms with Crippen LogP contribution in [-0.4, -0.2) is 45.0 Å². The Labute approximate surface area is 223 Å². The van der Waals surface area contributed by atoms with Gasteiger partial charge in [-0.3, -0.25) is 0 Å². The maximum Gasteiger partial charge on any atom is 0.317 e. The Bertz CT molecular complexity index is 1330. The second-order valence-corrected chi connectivity index (χ2v) is 11.0. The molecular weight excluding hydrogens is 479 g/mol. The van der Waals surface area contributed by atoms with Gasteiger partial charge >= 0.3 is 6.03 Å². The summed E-state index contributed by atoms with van der Waals surface area (Å²) >= 11 is 0. The van der Waals surface area contributed by atoms with E-state index < -0.39 is 6.10 Å². The van der Waals surface area contributed by atoms with Crippen molar-refractivity contribution in [3.8, 4) is 5.69 Å². The van der Waals surface area contributed by atoms with Gasteiger partial charge in [0.2, 0.25) is 0 Å². The highest BCUT2D eigenvalue weighted by atomic mass is 19.1. The molecule has 1 fully saturated rings. The number of fused-ring (bicyclic) bond motifs is 1. The molecule has 0 spiro atoms. The number of hydrogen-bond acceptors (Lipinski definition) is 3. The van der Waals surface area contributed by atoms with Crippen LogP contribution in [0.2, 0.25) is 0 Å². The summed E-state index contributed by atoms with van der Waals surface area (Å²) in [5, 5.41) is 18.1. The first kappa shape index (κ1) is 24.9. The number of piperidine rings is 1. The number of urea groups is 1. The fraction of sp³-hybridized carbons (Fsp3) is 0.419. The van der Waals surface area contributed by atoms with E-state index in [-0.39, 0.29) is 23.8 Å². The van der Waals surface area contributed by atoms with Crippen LogP contribution in [-0.2, 0) is 6.42 Å². The van der Waals surface area contributed by atoms with Crippen molar-refractivity contribution in [1.82, 2.24) is 20.0 Å². The molecule has 2 N–H and O–H groups in total. The Kier molecular flexibility index (Phi) is 6.78. The van der Waals surface area contributed by atoms with Crippen molar-refractivity contribution >= 4 is 6.03 Å². The van der Waals surface area contributed by atoms with E-state index in [4.69, 9.17) is 5.10 Å². The van der Waals surface area contributed by atoms with Gasteiger partial charge in [0.1, 0.15) is 5.82 Å². The van der Waals surface area contributed by atoms with Crippen LogP contribution >= 0.6 is 0 Å². The summed E-state index contributed by atoms with van der Waals surface area (Å²) in [6, 6.07) is 16.6. The lowest BCUT2D eigenvalue weighted by atomic mass is 9.78. The number of hydrogen-bond donors (Lipinski definition) is 2. The molecule has 4 atom stereocenters. The molecule has 0 radical (unpaired) electrons. The zero-order valence-corrected chi connectivity index (χ0v) is 21.8. The number of carbonyl (C=O) groups is 1. The Morgan fingerprint density at radius 2 is 1.95 bits per heavy atom. The molecule has 2 aliphatic carbocycles. The largest absolute Gasteiger partial charge is 0.391 e. The molecule has 6 rings (SSSR count). The predicted octanol–water partition coefficient (Wildman–Crippen LogP) is 5.68. The molecule has 198 valence electrons. The maximum absolute atomic E-state index is 13.5. The quantitative estimate of drug-likeness (QED) is 0.431. The molecule has 0 bridgehead atoms. The van der Waals surface area contributed by atoms with E-state index in [1.807, 2.05) is 29.1 Å². The SMILES string of the molecule is C[C@@H]1C2=C(CC[C@@H]2CC(NC(=O)N2CCCC(O)C2)c2ccccc2)Cc2c1cnn2-c1ccc(F)cc1. The standard InChI is InChI=1S/C31H35FN4O2/c1-20-27-18-33-36(25-13-11-24(32)12-14-25)29(27)17-23-10-9-22(30(20)23)16-28(21-6-3-2-4-7-21)34-31(38)35-15-5-8-26(37)19-35/h2-4,6-7,11-14,18,20,22,26,28,37H,5,8-10,15-17,19H2,1H3,(H,34,38)/t20-,22+,26?,28?/m0/s1. The predicted molar refractivity (Wildman–Crippen MR) is 145 cm³/mol. The number of β-amino-alcohol motifs (C(OH)–C–C–N with tert-alkyl or cyclic N) is 1. The Balaban J connectivity index is 1.24. The number of rotatable bonds is 5. The number of nitrogens with zero attached hydrogens (tertiary/aromatic N) is 3. The third-order valence-electron chi connectivity index (χ3n) is 8.63. The summed E-state index contributed by atoms with van der Waals surface area (Å²) in [5.74, 6) is 0.378. The van der Waals surface area contributed by atoms with E-state index in [9.17, 15) is 14.3 Å². The first-order valence-corrected chi connectivity index (χ1v) is 13.8. The van der Waals surface area contributed by atoms with Crippen molar-refractivity contribution in [2.24, 2.45) is 5.92 Å². The number of allylic oxidation sites excluding steroid dienone is 2. The zero-order valence-electron chi connectivity index (χ0n) is 21.8. The van der Waals surface area contributed by atoms with E-state index >= 15 is 0 Å². The van der Waals surface area contributed by atoms with Crippen molar-refractivity contribution in [3.05, 3.63) is 94.6 Å². The van der Waals surface area contributed by atoms with Gasteiger partial charge < -0.3 is 15.3 Å². The lowest BCUT2D eigenvalue weighted by Crippen LogP contribution is -2.48. The number of aliphatic hydroxyl groups is 1. The third kappa shape index (κ3) is 4.75. The van der Waals surface area contributed by atoms with Crippen molar-refractivity contribution in [3.63, 3.8) is 0 Å². The van der Waals surface area contributed by atoms with E-state index in [1.54, 1.807) is 17.0 Å². The van der Waals surface area contributed by atoms with Gasteiger partial charge in [0.25, 0.3) is 0 Å². The van der Waals surface area contributed by atoms with Crippen LogP contribution in [0.3, 0.4) is 0 Å². The van der Waals surface area contributed by atoms with Crippen molar-refractivity contribution in [2.45, 2.75) is 63.5 Å². The van der Waals surface area contributed by atoms with Gasteiger partial charge in [0, 0.05) is 31.0 Å². The number of aromatic nitrogens is 2. The van der Waals surface area contributed by atoms with Crippen LogP contribution in [0.5, 0.6) is 0 Å². The van der Waals surface area contributed by atoms with Crippen LogP contribution in [0.1, 0.15) is 67.8 Å². The lowest BCUT2D eigenvalue weighted by molar-refractivity contribution is 0.0830. The van der Waals surface area contributed by atoms with E-state index in [2.05, 4.69) is 24.4 Å². The highest BCUT2D eigenvalue weighted by molar-refractivity contribution is 5.75. The fourth-order valence-corrected chi connectivity index (χ4v) is 6.76. The molecule has 7 heteroatoms. The number of amides is 2. The van der Waals surface area contributed by atoms with Gasteiger partial charge in [0.05, 0.1) is 29.7 Å². The monoisotopic (exact) mass is 514 g/mol. The van der Waals surface area contributed by atoms with Gasteiger partial charge in [-0.15, -0.1) is 0 Å². The zero-order chi connectivity index (χ0) is 26.2.